The van der Waals surface area contributed by atoms with Crippen molar-refractivity contribution in [3.05, 3.63) is 66.4 Å². The number of nitrogens with two attached hydrogens (primary N) is 1. The first-order chi connectivity index (χ1) is 13.0. The third kappa shape index (κ3) is 3.10. The van der Waals surface area contributed by atoms with Crippen LogP contribution in [0.2, 0.25) is 0 Å². The van der Waals surface area contributed by atoms with E-state index in [-0.39, 0.29) is 17.4 Å². The zero-order valence-corrected chi connectivity index (χ0v) is 14.4. The Bertz CT molecular complexity index is 1120. The van der Waals surface area contributed by atoms with Gasteiger partial charge in [-0.2, -0.15) is 0 Å². The average molecular weight is 361 g/mol. The van der Waals surface area contributed by atoms with Gasteiger partial charge in [-0.3, -0.25) is 4.98 Å². The quantitative estimate of drug-likeness (QED) is 0.513. The van der Waals surface area contributed by atoms with Crippen molar-refractivity contribution in [2.75, 3.05) is 5.73 Å². The standard InChI is InChI=1S/C20H16FN5O/c1-11-2-3-13(8-15(11)21)20-25-17(12-4-6-23-7-5-12)18(26-20)14-9-16(27)19(22)24-10-14/h2-10,27H,1H3,(H2,22,24)(H,25,26). The highest BCUT2D eigenvalue weighted by atomic mass is 19.1. The molecule has 0 saturated heterocycles. The lowest BCUT2D eigenvalue weighted by molar-refractivity contribution is 0.476. The zero-order valence-electron chi connectivity index (χ0n) is 14.4. The first-order valence-corrected chi connectivity index (χ1v) is 8.24. The van der Waals surface area contributed by atoms with Crippen LogP contribution in [-0.2, 0) is 0 Å². The Morgan fingerprint density at radius 2 is 1.81 bits per heavy atom. The van der Waals surface area contributed by atoms with E-state index < -0.39 is 0 Å². The highest BCUT2D eigenvalue weighted by molar-refractivity contribution is 5.81. The van der Waals surface area contributed by atoms with Crippen molar-refractivity contribution in [2.45, 2.75) is 6.92 Å². The van der Waals surface area contributed by atoms with Crippen molar-refractivity contribution < 1.29 is 9.50 Å². The minimum atomic E-state index is -0.303. The number of imidazole rings is 1. The number of hydrogen-bond acceptors (Lipinski definition) is 5. The van der Waals surface area contributed by atoms with Gasteiger partial charge in [-0.15, -0.1) is 0 Å². The van der Waals surface area contributed by atoms with E-state index in [9.17, 15) is 9.50 Å². The Balaban J connectivity index is 1.92. The molecular formula is C20H16FN5O. The fraction of sp³-hybridized carbons (Fsp3) is 0.0500. The van der Waals surface area contributed by atoms with E-state index >= 15 is 0 Å². The number of anilines is 1. The SMILES string of the molecule is Cc1ccc(-c2nc(-c3cnc(N)c(O)c3)c(-c3ccncc3)[nH]2)cc1F. The number of halogens is 1. The Labute approximate surface area is 154 Å². The number of nitrogens with zero attached hydrogens (tertiary/aromatic N) is 3. The third-order valence-electron chi connectivity index (χ3n) is 4.29. The van der Waals surface area contributed by atoms with Crippen LogP contribution < -0.4 is 5.73 Å². The largest absolute Gasteiger partial charge is 0.504 e. The molecule has 6 nitrogen and oxygen atoms in total. The Morgan fingerprint density at radius 3 is 2.52 bits per heavy atom. The van der Waals surface area contributed by atoms with E-state index in [0.29, 0.717) is 33.9 Å². The molecule has 3 aromatic heterocycles. The van der Waals surface area contributed by atoms with Crippen molar-refractivity contribution in [1.29, 1.82) is 0 Å². The molecule has 0 atom stereocenters. The van der Waals surface area contributed by atoms with Gasteiger partial charge in [-0.25, -0.2) is 14.4 Å². The van der Waals surface area contributed by atoms with Crippen LogP contribution in [0.3, 0.4) is 0 Å². The summed E-state index contributed by atoms with van der Waals surface area (Å²) in [6, 6.07) is 10.1. The molecule has 4 rings (SSSR count). The van der Waals surface area contributed by atoms with E-state index in [0.717, 1.165) is 5.56 Å². The molecule has 4 N–H and O–H groups in total. The lowest BCUT2D eigenvalue weighted by atomic mass is 10.1. The molecule has 0 fully saturated rings. The van der Waals surface area contributed by atoms with Gasteiger partial charge in [-0.05, 0) is 36.8 Å². The summed E-state index contributed by atoms with van der Waals surface area (Å²) in [4.78, 5) is 15.9. The number of pyridine rings is 2. The second kappa shape index (κ2) is 6.53. The topological polar surface area (TPSA) is 101 Å². The molecule has 134 valence electrons. The van der Waals surface area contributed by atoms with Gasteiger partial charge in [0.1, 0.15) is 11.6 Å². The minimum Gasteiger partial charge on any atom is -0.504 e. The molecule has 27 heavy (non-hydrogen) atoms. The van der Waals surface area contributed by atoms with E-state index in [1.165, 1.54) is 18.3 Å². The number of hydrogen-bond donors (Lipinski definition) is 3. The van der Waals surface area contributed by atoms with Crippen LogP contribution in [0, 0.1) is 12.7 Å². The average Bonchev–Trinajstić information content (AvgIpc) is 3.12. The van der Waals surface area contributed by atoms with Crippen LogP contribution in [0.15, 0.2) is 55.0 Å². The lowest BCUT2D eigenvalue weighted by Gasteiger charge is -2.04. The predicted molar refractivity (Wildman–Crippen MR) is 101 cm³/mol. The highest BCUT2D eigenvalue weighted by Crippen LogP contribution is 2.34. The van der Waals surface area contributed by atoms with Gasteiger partial charge in [0, 0.05) is 35.3 Å². The fourth-order valence-electron chi connectivity index (χ4n) is 2.78. The number of benzene rings is 1. The van der Waals surface area contributed by atoms with Gasteiger partial charge in [-0.1, -0.05) is 12.1 Å². The Hall–Kier alpha value is -3.74. The summed E-state index contributed by atoms with van der Waals surface area (Å²) in [5.41, 5.74) is 9.50. The predicted octanol–water partition coefficient (Wildman–Crippen LogP) is 3.94. The monoisotopic (exact) mass is 361 g/mol. The first kappa shape index (κ1) is 16.7. The van der Waals surface area contributed by atoms with Crippen molar-refractivity contribution in [3.8, 4) is 39.7 Å². The fourth-order valence-corrected chi connectivity index (χ4v) is 2.78. The second-order valence-corrected chi connectivity index (χ2v) is 6.14. The molecule has 0 unspecified atom stereocenters. The molecule has 0 aliphatic rings. The van der Waals surface area contributed by atoms with Crippen LogP contribution in [0.1, 0.15) is 5.56 Å². The Kier molecular flexibility index (Phi) is 4.04. The van der Waals surface area contributed by atoms with Crippen molar-refractivity contribution >= 4 is 5.82 Å². The van der Waals surface area contributed by atoms with Crippen LogP contribution in [-0.4, -0.2) is 25.0 Å². The summed E-state index contributed by atoms with van der Waals surface area (Å²) < 4.78 is 14.0. The molecule has 4 aromatic rings. The van der Waals surface area contributed by atoms with Gasteiger partial charge >= 0.3 is 0 Å². The molecule has 0 aliphatic carbocycles. The number of H-pyrrole nitrogens is 1. The summed E-state index contributed by atoms with van der Waals surface area (Å²) >= 11 is 0. The summed E-state index contributed by atoms with van der Waals surface area (Å²) in [5.74, 6) is 0.120. The summed E-state index contributed by atoms with van der Waals surface area (Å²) in [7, 11) is 0. The molecule has 3 heterocycles. The number of aromatic amines is 1. The lowest BCUT2D eigenvalue weighted by Crippen LogP contribution is -1.92. The number of nitrogens with one attached hydrogen (secondary N) is 1. The van der Waals surface area contributed by atoms with Gasteiger partial charge in [0.25, 0.3) is 0 Å². The maximum absolute atomic E-state index is 14.0. The summed E-state index contributed by atoms with van der Waals surface area (Å²) in [6.45, 7) is 1.71. The van der Waals surface area contributed by atoms with Gasteiger partial charge < -0.3 is 15.8 Å². The van der Waals surface area contributed by atoms with Crippen LogP contribution in [0.4, 0.5) is 10.2 Å². The molecule has 0 spiro atoms. The van der Waals surface area contributed by atoms with Gasteiger partial charge in [0.05, 0.1) is 11.4 Å². The normalized spacial score (nSPS) is 10.9. The number of rotatable bonds is 3. The molecule has 1 aromatic carbocycles. The van der Waals surface area contributed by atoms with E-state index in [1.54, 1.807) is 31.5 Å². The number of nitrogen functional groups attached to an aromatic ring is 1. The van der Waals surface area contributed by atoms with Crippen molar-refractivity contribution in [2.24, 2.45) is 0 Å². The molecule has 7 heteroatoms. The van der Waals surface area contributed by atoms with E-state index in [1.807, 2.05) is 12.1 Å². The zero-order chi connectivity index (χ0) is 19.0. The number of aromatic nitrogens is 4. The minimum absolute atomic E-state index is 0.0422. The van der Waals surface area contributed by atoms with Crippen molar-refractivity contribution in [3.63, 3.8) is 0 Å². The van der Waals surface area contributed by atoms with Crippen LogP contribution in [0.25, 0.3) is 33.9 Å². The van der Waals surface area contributed by atoms with Gasteiger partial charge in [0.15, 0.2) is 11.6 Å². The summed E-state index contributed by atoms with van der Waals surface area (Å²) in [5, 5.41) is 9.93. The maximum Gasteiger partial charge on any atom is 0.165 e. The smallest absolute Gasteiger partial charge is 0.165 e. The maximum atomic E-state index is 14.0. The van der Waals surface area contributed by atoms with Crippen molar-refractivity contribution in [1.82, 2.24) is 19.9 Å². The number of aromatic hydroxyl groups is 1. The van der Waals surface area contributed by atoms with Gasteiger partial charge in [0.2, 0.25) is 0 Å². The summed E-state index contributed by atoms with van der Waals surface area (Å²) in [6.07, 6.45) is 4.88. The first-order valence-electron chi connectivity index (χ1n) is 8.24. The molecule has 0 radical (unpaired) electrons. The highest BCUT2D eigenvalue weighted by Gasteiger charge is 2.17. The molecular weight excluding hydrogens is 345 g/mol. The molecule has 0 amide bonds. The third-order valence-corrected chi connectivity index (χ3v) is 4.29. The number of aryl methyl sites for hydroxylation is 1. The van der Waals surface area contributed by atoms with Crippen LogP contribution >= 0.6 is 0 Å². The Morgan fingerprint density at radius 1 is 1.04 bits per heavy atom. The van der Waals surface area contributed by atoms with E-state index in [2.05, 4.69) is 19.9 Å². The van der Waals surface area contributed by atoms with E-state index in [4.69, 9.17) is 5.73 Å². The van der Waals surface area contributed by atoms with Crippen LogP contribution in [0.5, 0.6) is 5.75 Å². The molecule has 0 aliphatic heterocycles. The molecule has 0 bridgehead atoms. The molecule has 0 saturated carbocycles. The second-order valence-electron chi connectivity index (χ2n) is 6.14.